The third kappa shape index (κ3) is 4.55. The molecular weight excluding hydrogens is 314 g/mol. The summed E-state index contributed by atoms with van der Waals surface area (Å²) in [5, 5.41) is 15.1. The quantitative estimate of drug-likeness (QED) is 0.787. The highest BCUT2D eigenvalue weighted by Gasteiger charge is 2.13. The van der Waals surface area contributed by atoms with Crippen LogP contribution >= 0.6 is 0 Å². The molecule has 0 atom stereocenters. The first-order valence-electron chi connectivity index (χ1n) is 7.40. The van der Waals surface area contributed by atoms with Crippen LogP contribution in [0.4, 0.5) is 0 Å². The van der Waals surface area contributed by atoms with Crippen molar-refractivity contribution in [2.45, 2.75) is 27.2 Å². The fourth-order valence-corrected chi connectivity index (χ4v) is 2.27. The van der Waals surface area contributed by atoms with Gasteiger partial charge in [0.2, 0.25) is 5.89 Å². The number of hydrogen-bond donors (Lipinski definition) is 2. The van der Waals surface area contributed by atoms with Crippen LogP contribution in [0.3, 0.4) is 0 Å². The number of benzene rings is 1. The van der Waals surface area contributed by atoms with Gasteiger partial charge in [0.1, 0.15) is 5.75 Å². The maximum Gasteiger partial charge on any atom is 0.341 e. The molecule has 128 valence electrons. The van der Waals surface area contributed by atoms with E-state index in [1.54, 1.807) is 32.9 Å². The van der Waals surface area contributed by atoms with Crippen molar-refractivity contribution in [2.24, 2.45) is 0 Å². The monoisotopic (exact) mass is 333 g/mol. The molecule has 2 N–H and O–H groups in total. The Morgan fingerprint density at radius 3 is 2.46 bits per heavy atom. The Balaban J connectivity index is 1.97. The minimum atomic E-state index is -1.05. The number of aromatic nitrogens is 2. The number of nitrogens with one attached hydrogen (secondary N) is 1. The number of carboxylic acids is 1. The van der Waals surface area contributed by atoms with E-state index in [4.69, 9.17) is 14.4 Å². The normalized spacial score (nSPS) is 10.5. The van der Waals surface area contributed by atoms with Crippen molar-refractivity contribution in [3.05, 3.63) is 40.5 Å². The van der Waals surface area contributed by atoms with Gasteiger partial charge in [0.15, 0.2) is 12.4 Å². The van der Waals surface area contributed by atoms with Gasteiger partial charge in [-0.25, -0.2) is 4.79 Å². The number of nitrogens with zero attached hydrogens (tertiary/aromatic N) is 2. The van der Waals surface area contributed by atoms with Gasteiger partial charge in [-0.05, 0) is 44.0 Å². The fourth-order valence-electron chi connectivity index (χ4n) is 2.27. The fraction of sp³-hybridized carbons (Fsp3) is 0.375. The number of rotatable bonds is 7. The van der Waals surface area contributed by atoms with Crippen molar-refractivity contribution in [3.8, 4) is 5.75 Å². The van der Waals surface area contributed by atoms with Gasteiger partial charge in [-0.1, -0.05) is 5.16 Å². The third-order valence-corrected chi connectivity index (χ3v) is 3.26. The summed E-state index contributed by atoms with van der Waals surface area (Å²) in [5.74, 6) is 0.224. The molecule has 8 heteroatoms. The summed E-state index contributed by atoms with van der Waals surface area (Å²) in [4.78, 5) is 26.9. The molecule has 1 amide bonds. The van der Waals surface area contributed by atoms with Gasteiger partial charge in [0.25, 0.3) is 5.91 Å². The molecular formula is C16H19N3O5. The molecule has 1 aromatic heterocycles. The highest BCUT2D eigenvalue weighted by atomic mass is 16.5. The molecule has 0 aliphatic carbocycles. The van der Waals surface area contributed by atoms with Gasteiger partial charge in [-0.15, -0.1) is 0 Å². The summed E-state index contributed by atoms with van der Waals surface area (Å²) in [5.41, 5.74) is 1.89. The van der Waals surface area contributed by atoms with Crippen LogP contribution < -0.4 is 10.1 Å². The van der Waals surface area contributed by atoms with E-state index in [0.717, 1.165) is 0 Å². The second-order valence-electron chi connectivity index (χ2n) is 5.36. The van der Waals surface area contributed by atoms with Gasteiger partial charge in [-0.3, -0.25) is 4.79 Å². The van der Waals surface area contributed by atoms with E-state index in [9.17, 15) is 9.59 Å². The summed E-state index contributed by atoms with van der Waals surface area (Å²) >= 11 is 0. The van der Waals surface area contributed by atoms with Crippen molar-refractivity contribution in [1.29, 1.82) is 0 Å². The van der Waals surface area contributed by atoms with Crippen LogP contribution in [0, 0.1) is 20.8 Å². The first kappa shape index (κ1) is 17.5. The largest absolute Gasteiger partial charge is 0.481 e. The second kappa shape index (κ2) is 7.58. The van der Waals surface area contributed by atoms with Crippen LogP contribution in [0.1, 0.15) is 33.2 Å². The molecule has 0 saturated carbocycles. The number of carbonyl (C=O) groups excluding carboxylic acids is 1. The van der Waals surface area contributed by atoms with E-state index in [-0.39, 0.29) is 5.91 Å². The lowest BCUT2D eigenvalue weighted by Gasteiger charge is -2.12. The van der Waals surface area contributed by atoms with Gasteiger partial charge in [0.05, 0.1) is 0 Å². The molecule has 0 radical (unpaired) electrons. The summed E-state index contributed by atoms with van der Waals surface area (Å²) in [6, 6.07) is 3.33. The highest BCUT2D eigenvalue weighted by Crippen LogP contribution is 2.24. The van der Waals surface area contributed by atoms with Crippen molar-refractivity contribution in [3.63, 3.8) is 0 Å². The molecule has 2 aromatic rings. The minimum Gasteiger partial charge on any atom is -0.481 e. The molecule has 0 spiro atoms. The number of ether oxygens (including phenoxy) is 1. The zero-order valence-electron chi connectivity index (χ0n) is 13.8. The summed E-state index contributed by atoms with van der Waals surface area (Å²) in [7, 11) is 0. The van der Waals surface area contributed by atoms with Crippen molar-refractivity contribution >= 4 is 11.9 Å². The summed E-state index contributed by atoms with van der Waals surface area (Å²) in [6.07, 6.45) is 0.449. The Hall–Kier alpha value is -2.90. The smallest absolute Gasteiger partial charge is 0.341 e. The summed E-state index contributed by atoms with van der Waals surface area (Å²) in [6.45, 7) is 5.21. The Bertz CT molecular complexity index is 731. The molecule has 0 aliphatic rings. The van der Waals surface area contributed by atoms with Gasteiger partial charge in [-0.2, -0.15) is 4.98 Å². The van der Waals surface area contributed by atoms with Crippen LogP contribution in [0.25, 0.3) is 0 Å². The number of carbonyl (C=O) groups is 2. The van der Waals surface area contributed by atoms with E-state index in [1.165, 1.54) is 0 Å². The average Bonchev–Trinajstić information content (AvgIpc) is 2.91. The van der Waals surface area contributed by atoms with E-state index in [2.05, 4.69) is 15.5 Å². The molecule has 0 unspecified atom stereocenters. The van der Waals surface area contributed by atoms with Crippen LogP contribution in [0.15, 0.2) is 16.7 Å². The molecule has 24 heavy (non-hydrogen) atoms. The molecule has 2 rings (SSSR count). The third-order valence-electron chi connectivity index (χ3n) is 3.26. The Kier molecular flexibility index (Phi) is 5.51. The molecule has 0 fully saturated rings. The van der Waals surface area contributed by atoms with E-state index >= 15 is 0 Å². The number of aryl methyl sites for hydroxylation is 3. The predicted octanol–water partition coefficient (Wildman–Crippen LogP) is 1.43. The van der Waals surface area contributed by atoms with Crippen molar-refractivity contribution < 1.29 is 24.0 Å². The first-order valence-corrected chi connectivity index (χ1v) is 7.40. The molecule has 0 saturated heterocycles. The lowest BCUT2D eigenvalue weighted by Crippen LogP contribution is -2.26. The lowest BCUT2D eigenvalue weighted by molar-refractivity contribution is -0.139. The average molecular weight is 333 g/mol. The van der Waals surface area contributed by atoms with E-state index in [1.807, 2.05) is 0 Å². The van der Waals surface area contributed by atoms with E-state index < -0.39 is 12.6 Å². The van der Waals surface area contributed by atoms with E-state index in [0.29, 0.717) is 47.1 Å². The topological polar surface area (TPSA) is 115 Å². The maximum absolute atomic E-state index is 12.2. The SMILES string of the molecule is Cc1noc(CCNC(=O)c2cc(C)c(OCC(=O)O)c(C)c2)n1. The molecule has 1 aromatic carbocycles. The van der Waals surface area contributed by atoms with Gasteiger partial charge in [0, 0.05) is 18.5 Å². The highest BCUT2D eigenvalue weighted by molar-refractivity contribution is 5.94. The van der Waals surface area contributed by atoms with Crippen molar-refractivity contribution in [1.82, 2.24) is 15.5 Å². The van der Waals surface area contributed by atoms with Crippen LogP contribution in [-0.2, 0) is 11.2 Å². The van der Waals surface area contributed by atoms with Crippen LogP contribution in [0.5, 0.6) is 5.75 Å². The Morgan fingerprint density at radius 1 is 1.25 bits per heavy atom. The Morgan fingerprint density at radius 2 is 1.92 bits per heavy atom. The standard InChI is InChI=1S/C16H19N3O5/c1-9-6-12(7-10(2)15(9)23-8-14(20)21)16(22)17-5-4-13-18-11(3)19-24-13/h6-7H,4-5,8H2,1-3H3,(H,17,22)(H,20,21). The van der Waals surface area contributed by atoms with Gasteiger partial charge >= 0.3 is 5.97 Å². The first-order chi connectivity index (χ1) is 11.4. The maximum atomic E-state index is 12.2. The minimum absolute atomic E-state index is 0.234. The molecule has 8 nitrogen and oxygen atoms in total. The lowest BCUT2D eigenvalue weighted by atomic mass is 10.1. The molecule has 1 heterocycles. The van der Waals surface area contributed by atoms with Crippen LogP contribution in [-0.4, -0.2) is 40.3 Å². The number of hydrogen-bond acceptors (Lipinski definition) is 6. The zero-order valence-corrected chi connectivity index (χ0v) is 13.8. The Labute approximate surface area is 138 Å². The predicted molar refractivity (Wildman–Crippen MR) is 84.1 cm³/mol. The second-order valence-corrected chi connectivity index (χ2v) is 5.36. The molecule has 0 bridgehead atoms. The number of aliphatic carboxylic acids is 1. The zero-order chi connectivity index (χ0) is 17.7. The van der Waals surface area contributed by atoms with Gasteiger partial charge < -0.3 is 19.7 Å². The number of amides is 1. The molecule has 0 aliphatic heterocycles. The summed E-state index contributed by atoms with van der Waals surface area (Å²) < 4.78 is 10.2. The van der Waals surface area contributed by atoms with Crippen LogP contribution in [0.2, 0.25) is 0 Å². The van der Waals surface area contributed by atoms with Crippen molar-refractivity contribution in [2.75, 3.05) is 13.2 Å². The number of carboxylic acid groups (broad SMARTS) is 1.